The molecule has 0 bridgehead atoms. The molecule has 0 spiro atoms. The van der Waals surface area contributed by atoms with Crippen LogP contribution in [0, 0.1) is 6.92 Å². The number of hydrogen-bond donors (Lipinski definition) is 1. The van der Waals surface area contributed by atoms with Crippen LogP contribution >= 0.6 is 0 Å². The zero-order chi connectivity index (χ0) is 16.9. The van der Waals surface area contributed by atoms with Crippen molar-refractivity contribution in [2.75, 3.05) is 16.8 Å². The van der Waals surface area contributed by atoms with Crippen molar-refractivity contribution >= 4 is 17.5 Å². The van der Waals surface area contributed by atoms with Gasteiger partial charge in [-0.25, -0.2) is 0 Å². The summed E-state index contributed by atoms with van der Waals surface area (Å²) in [6.07, 6.45) is 4.81. The Morgan fingerprint density at radius 2 is 2.12 bits per heavy atom. The number of carbonyl (C=O) groups excluding carboxylic acids is 1. The maximum absolute atomic E-state index is 12.3. The first kappa shape index (κ1) is 16.4. The number of hydrogen-bond acceptors (Lipinski definition) is 4. The first-order valence-corrected chi connectivity index (χ1v) is 8.66. The van der Waals surface area contributed by atoms with Gasteiger partial charge in [0.25, 0.3) is 5.91 Å². The van der Waals surface area contributed by atoms with Crippen LogP contribution in [0.4, 0.5) is 11.6 Å². The van der Waals surface area contributed by atoms with Crippen LogP contribution in [0.15, 0.2) is 36.4 Å². The molecule has 1 aliphatic rings. The molecule has 0 saturated carbocycles. The zero-order valence-electron chi connectivity index (χ0n) is 14.3. The van der Waals surface area contributed by atoms with E-state index < -0.39 is 0 Å². The molecule has 1 amide bonds. The lowest BCUT2D eigenvalue weighted by Gasteiger charge is -2.35. The molecule has 24 heavy (non-hydrogen) atoms. The maximum Gasteiger partial charge on any atom is 0.256 e. The summed E-state index contributed by atoms with van der Waals surface area (Å²) in [6.45, 7) is 5.21. The number of nitrogens with zero attached hydrogens (tertiary/aromatic N) is 3. The molecule has 5 nitrogen and oxygen atoms in total. The van der Waals surface area contributed by atoms with Crippen molar-refractivity contribution in [1.82, 2.24) is 10.2 Å². The number of rotatable bonds is 4. The topological polar surface area (TPSA) is 58.1 Å². The highest BCUT2D eigenvalue weighted by Gasteiger charge is 2.22. The number of piperidine rings is 1. The van der Waals surface area contributed by atoms with Gasteiger partial charge in [0, 0.05) is 18.2 Å². The van der Waals surface area contributed by atoms with Crippen LogP contribution in [0.25, 0.3) is 0 Å². The van der Waals surface area contributed by atoms with Crippen LogP contribution < -0.4 is 10.2 Å². The van der Waals surface area contributed by atoms with Gasteiger partial charge in [0.1, 0.15) is 0 Å². The predicted octanol–water partition coefficient (Wildman–Crippen LogP) is 3.81. The fourth-order valence-electron chi connectivity index (χ4n) is 3.25. The van der Waals surface area contributed by atoms with Crippen molar-refractivity contribution in [2.24, 2.45) is 0 Å². The monoisotopic (exact) mass is 324 g/mol. The second kappa shape index (κ2) is 7.43. The van der Waals surface area contributed by atoms with Gasteiger partial charge in [0.05, 0.1) is 0 Å². The lowest BCUT2D eigenvalue weighted by molar-refractivity contribution is 0.102. The van der Waals surface area contributed by atoms with E-state index in [1.54, 1.807) is 6.07 Å². The molecule has 2 aromatic rings. The molecule has 1 aromatic carbocycles. The van der Waals surface area contributed by atoms with Crippen molar-refractivity contribution in [2.45, 2.75) is 45.6 Å². The van der Waals surface area contributed by atoms with Crippen LogP contribution in [0.3, 0.4) is 0 Å². The number of benzene rings is 1. The highest BCUT2D eigenvalue weighted by atomic mass is 16.1. The van der Waals surface area contributed by atoms with E-state index in [-0.39, 0.29) is 5.91 Å². The Kier molecular flexibility index (Phi) is 5.08. The molecule has 5 heteroatoms. The minimum absolute atomic E-state index is 0.162. The van der Waals surface area contributed by atoms with Gasteiger partial charge in [-0.2, -0.15) is 0 Å². The minimum atomic E-state index is -0.162. The van der Waals surface area contributed by atoms with Crippen LogP contribution in [0.5, 0.6) is 0 Å². The Bertz CT molecular complexity index is 699. The van der Waals surface area contributed by atoms with E-state index >= 15 is 0 Å². The highest BCUT2D eigenvalue weighted by molar-refractivity contribution is 6.03. The molecule has 3 rings (SSSR count). The summed E-state index contributed by atoms with van der Waals surface area (Å²) < 4.78 is 0. The van der Waals surface area contributed by atoms with E-state index in [0.717, 1.165) is 24.3 Å². The SMILES string of the molecule is CCC1CCCCN1c1ccc(NC(=O)c2cccc(C)c2)nn1. The number of carbonyl (C=O) groups is 1. The lowest BCUT2D eigenvalue weighted by atomic mass is 10.0. The van der Waals surface area contributed by atoms with Crippen LogP contribution in [-0.4, -0.2) is 28.7 Å². The molecule has 1 atom stereocenters. The average Bonchev–Trinajstić information content (AvgIpc) is 2.62. The first-order valence-electron chi connectivity index (χ1n) is 8.66. The Labute approximate surface area is 143 Å². The van der Waals surface area contributed by atoms with Gasteiger partial charge in [0.2, 0.25) is 0 Å². The van der Waals surface area contributed by atoms with Gasteiger partial charge in [-0.05, 0) is 56.9 Å². The van der Waals surface area contributed by atoms with Crippen molar-refractivity contribution in [3.8, 4) is 0 Å². The Morgan fingerprint density at radius 3 is 2.83 bits per heavy atom. The van der Waals surface area contributed by atoms with Crippen molar-refractivity contribution in [1.29, 1.82) is 0 Å². The summed E-state index contributed by atoms with van der Waals surface area (Å²) in [6, 6.07) is 11.8. The second-order valence-corrected chi connectivity index (χ2v) is 6.35. The smallest absolute Gasteiger partial charge is 0.256 e. The van der Waals surface area contributed by atoms with E-state index in [1.807, 2.05) is 37.3 Å². The molecule has 1 aliphatic heterocycles. The summed E-state index contributed by atoms with van der Waals surface area (Å²) in [4.78, 5) is 14.6. The molecular formula is C19H24N4O. The molecule has 1 fully saturated rings. The third kappa shape index (κ3) is 3.72. The molecule has 1 N–H and O–H groups in total. The van der Waals surface area contributed by atoms with Gasteiger partial charge < -0.3 is 10.2 Å². The molecular weight excluding hydrogens is 300 g/mol. The van der Waals surface area contributed by atoms with Crippen molar-refractivity contribution in [3.63, 3.8) is 0 Å². The van der Waals surface area contributed by atoms with Crippen molar-refractivity contribution < 1.29 is 4.79 Å². The van der Waals surface area contributed by atoms with Crippen LogP contribution in [-0.2, 0) is 0 Å². The third-order valence-corrected chi connectivity index (χ3v) is 4.56. The predicted molar refractivity (Wildman–Crippen MR) is 96.4 cm³/mol. The number of nitrogens with one attached hydrogen (secondary N) is 1. The van der Waals surface area contributed by atoms with Gasteiger partial charge in [-0.1, -0.05) is 24.6 Å². The van der Waals surface area contributed by atoms with E-state index in [2.05, 4.69) is 27.3 Å². The van der Waals surface area contributed by atoms with Gasteiger partial charge in [0.15, 0.2) is 11.6 Å². The summed E-state index contributed by atoms with van der Waals surface area (Å²) in [5.74, 6) is 1.22. The number of aryl methyl sites for hydroxylation is 1. The molecule has 0 aliphatic carbocycles. The van der Waals surface area contributed by atoms with E-state index in [4.69, 9.17) is 0 Å². The van der Waals surface area contributed by atoms with Gasteiger partial charge in [-0.3, -0.25) is 4.79 Å². The summed E-state index contributed by atoms with van der Waals surface area (Å²) in [5, 5.41) is 11.3. The maximum atomic E-state index is 12.3. The Morgan fingerprint density at radius 1 is 1.25 bits per heavy atom. The molecule has 126 valence electrons. The average molecular weight is 324 g/mol. The van der Waals surface area contributed by atoms with Gasteiger partial charge in [-0.15, -0.1) is 10.2 Å². The fourth-order valence-corrected chi connectivity index (χ4v) is 3.25. The van der Waals surface area contributed by atoms with Crippen molar-refractivity contribution in [3.05, 3.63) is 47.5 Å². The molecule has 1 aromatic heterocycles. The minimum Gasteiger partial charge on any atom is -0.352 e. The third-order valence-electron chi connectivity index (χ3n) is 4.56. The number of aromatic nitrogens is 2. The van der Waals surface area contributed by atoms with Crippen LogP contribution in [0.2, 0.25) is 0 Å². The normalized spacial score (nSPS) is 17.6. The summed E-state index contributed by atoms with van der Waals surface area (Å²) in [7, 11) is 0. The fraction of sp³-hybridized carbons (Fsp3) is 0.421. The van der Waals surface area contributed by atoms with E-state index in [9.17, 15) is 4.79 Å². The molecule has 1 saturated heterocycles. The van der Waals surface area contributed by atoms with E-state index in [0.29, 0.717) is 17.4 Å². The standard InChI is InChI=1S/C19H24N4O/c1-3-16-9-4-5-12-23(16)18-11-10-17(21-22-18)20-19(24)15-8-6-7-14(2)13-15/h6-8,10-11,13,16H,3-5,9,12H2,1-2H3,(H,20,21,24). The highest BCUT2D eigenvalue weighted by Crippen LogP contribution is 2.24. The first-order chi connectivity index (χ1) is 11.7. The summed E-state index contributed by atoms with van der Waals surface area (Å²) >= 11 is 0. The largest absolute Gasteiger partial charge is 0.352 e. The van der Waals surface area contributed by atoms with Gasteiger partial charge >= 0.3 is 0 Å². The molecule has 2 heterocycles. The number of amides is 1. The Balaban J connectivity index is 1.69. The lowest BCUT2D eigenvalue weighted by Crippen LogP contribution is -2.39. The summed E-state index contributed by atoms with van der Waals surface area (Å²) in [5.41, 5.74) is 1.68. The van der Waals surface area contributed by atoms with Crippen LogP contribution in [0.1, 0.15) is 48.5 Å². The zero-order valence-corrected chi connectivity index (χ0v) is 14.3. The number of anilines is 2. The molecule has 1 unspecified atom stereocenters. The Hall–Kier alpha value is -2.43. The quantitative estimate of drug-likeness (QED) is 0.929. The second-order valence-electron chi connectivity index (χ2n) is 6.35. The van der Waals surface area contributed by atoms with E-state index in [1.165, 1.54) is 19.3 Å². The molecule has 0 radical (unpaired) electrons.